The number of para-hydroxylation sites is 1. The molecule has 0 saturated heterocycles. The first-order valence-electron chi connectivity index (χ1n) is 10.1. The van der Waals surface area contributed by atoms with Crippen LogP contribution in [-0.4, -0.2) is 25.5 Å². The van der Waals surface area contributed by atoms with E-state index in [1.807, 2.05) is 54.6 Å². The van der Waals surface area contributed by atoms with Crippen molar-refractivity contribution in [1.82, 2.24) is 19.7 Å². The number of rotatable bonds is 6. The fraction of sp³-hybridized carbons (Fsp3) is 0.0800. The first kappa shape index (κ1) is 20.2. The largest absolute Gasteiger partial charge is 0.360 e. The van der Waals surface area contributed by atoms with Gasteiger partial charge in [-0.15, -0.1) is 10.2 Å². The highest BCUT2D eigenvalue weighted by molar-refractivity contribution is 8.00. The number of Topliss-reactive ketones (excluding diaryl/α,β-unsaturated/α-hetero) is 1. The highest BCUT2D eigenvalue weighted by atomic mass is 32.2. The van der Waals surface area contributed by atoms with Crippen molar-refractivity contribution < 1.29 is 9.18 Å². The molecule has 0 radical (unpaired) electrons. The maximum Gasteiger partial charge on any atom is 0.192 e. The number of fused-ring (bicyclic) bond motifs is 1. The number of H-pyrrole nitrogens is 1. The second-order valence-corrected chi connectivity index (χ2v) is 8.44. The zero-order chi connectivity index (χ0) is 22.1. The quantitative estimate of drug-likeness (QED) is 0.266. The molecule has 1 unspecified atom stereocenters. The summed E-state index contributed by atoms with van der Waals surface area (Å²) in [6, 6.07) is 23.8. The number of nitrogens with one attached hydrogen (secondary N) is 1. The topological polar surface area (TPSA) is 63.6 Å². The Morgan fingerprint density at radius 2 is 1.69 bits per heavy atom. The second-order valence-electron chi connectivity index (χ2n) is 7.37. The third kappa shape index (κ3) is 3.61. The number of carbonyl (C=O) groups is 1. The van der Waals surface area contributed by atoms with Crippen LogP contribution in [-0.2, 0) is 7.05 Å². The molecule has 1 N–H and O–H groups in total. The van der Waals surface area contributed by atoms with E-state index in [1.54, 1.807) is 36.0 Å². The van der Waals surface area contributed by atoms with Crippen LogP contribution in [0.5, 0.6) is 0 Å². The van der Waals surface area contributed by atoms with Crippen LogP contribution in [0.25, 0.3) is 22.3 Å². The summed E-state index contributed by atoms with van der Waals surface area (Å²) in [5.41, 5.74) is 2.77. The number of ketones is 1. The SMILES string of the molecule is Cn1c(SC(C(=O)c2c[nH]c3ccccc23)c2ccccc2)nnc1-c1ccccc1F. The Morgan fingerprint density at radius 3 is 2.50 bits per heavy atom. The molecule has 2 heterocycles. The Balaban J connectivity index is 1.55. The molecule has 0 spiro atoms. The third-order valence-corrected chi connectivity index (χ3v) is 6.66. The summed E-state index contributed by atoms with van der Waals surface area (Å²) in [5, 5.41) is 9.35. The molecule has 3 aromatic carbocycles. The monoisotopic (exact) mass is 442 g/mol. The first-order chi connectivity index (χ1) is 15.6. The zero-order valence-electron chi connectivity index (χ0n) is 17.2. The van der Waals surface area contributed by atoms with E-state index in [9.17, 15) is 9.18 Å². The highest BCUT2D eigenvalue weighted by Crippen LogP contribution is 2.39. The van der Waals surface area contributed by atoms with Gasteiger partial charge in [-0.25, -0.2) is 4.39 Å². The van der Waals surface area contributed by atoms with Crippen molar-refractivity contribution in [2.24, 2.45) is 7.05 Å². The molecule has 0 aliphatic heterocycles. The average molecular weight is 443 g/mol. The lowest BCUT2D eigenvalue weighted by molar-refractivity contribution is 0.0991. The van der Waals surface area contributed by atoms with Crippen LogP contribution in [0.2, 0.25) is 0 Å². The number of hydrogen-bond donors (Lipinski definition) is 1. The minimum atomic E-state index is -0.535. The molecule has 1 atom stereocenters. The Morgan fingerprint density at radius 1 is 0.969 bits per heavy atom. The van der Waals surface area contributed by atoms with Crippen LogP contribution in [0.4, 0.5) is 4.39 Å². The summed E-state index contributed by atoms with van der Waals surface area (Å²) >= 11 is 1.31. The van der Waals surface area contributed by atoms with Gasteiger partial charge in [-0.1, -0.05) is 72.4 Å². The number of halogens is 1. The lowest BCUT2D eigenvalue weighted by atomic mass is 10.0. The maximum atomic E-state index is 14.3. The number of aromatic nitrogens is 4. The van der Waals surface area contributed by atoms with Gasteiger partial charge in [0.25, 0.3) is 0 Å². The standard InChI is InChI=1S/C25H19FN4OS/c1-30-24(18-12-5-7-13-20(18)26)28-29-25(30)32-23(16-9-3-2-4-10-16)22(31)19-15-27-21-14-8-6-11-17(19)21/h2-15,23,27H,1H3. The van der Waals surface area contributed by atoms with Gasteiger partial charge in [0.1, 0.15) is 11.1 Å². The van der Waals surface area contributed by atoms with Gasteiger partial charge in [-0.3, -0.25) is 4.79 Å². The molecule has 32 heavy (non-hydrogen) atoms. The van der Waals surface area contributed by atoms with Gasteiger partial charge in [-0.05, 0) is 23.8 Å². The molecular formula is C25H19FN4OS. The van der Waals surface area contributed by atoms with Crippen molar-refractivity contribution in [3.63, 3.8) is 0 Å². The van der Waals surface area contributed by atoms with Gasteiger partial charge in [0.2, 0.25) is 0 Å². The summed E-state index contributed by atoms with van der Waals surface area (Å²) in [7, 11) is 1.78. The Hall–Kier alpha value is -3.71. The number of carbonyl (C=O) groups excluding carboxylic acids is 1. The fourth-order valence-electron chi connectivity index (χ4n) is 3.72. The van der Waals surface area contributed by atoms with Crippen LogP contribution in [0.15, 0.2) is 90.2 Å². The number of hydrogen-bond acceptors (Lipinski definition) is 4. The van der Waals surface area contributed by atoms with Crippen LogP contribution < -0.4 is 0 Å². The summed E-state index contributed by atoms with van der Waals surface area (Å²) in [4.78, 5) is 16.9. The van der Waals surface area contributed by atoms with Crippen molar-refractivity contribution in [3.8, 4) is 11.4 Å². The van der Waals surface area contributed by atoms with Gasteiger partial charge in [0, 0.05) is 29.7 Å². The van der Waals surface area contributed by atoms with Crippen LogP contribution in [0.3, 0.4) is 0 Å². The van der Waals surface area contributed by atoms with Crippen molar-refractivity contribution in [3.05, 3.63) is 102 Å². The average Bonchev–Trinajstić information content (AvgIpc) is 3.42. The molecule has 5 nitrogen and oxygen atoms in total. The molecule has 2 aromatic heterocycles. The fourth-order valence-corrected chi connectivity index (χ4v) is 4.79. The number of thioether (sulfide) groups is 1. The van der Waals surface area contributed by atoms with Crippen molar-refractivity contribution in [2.45, 2.75) is 10.4 Å². The van der Waals surface area contributed by atoms with E-state index in [2.05, 4.69) is 15.2 Å². The summed E-state index contributed by atoms with van der Waals surface area (Å²) in [6.45, 7) is 0. The maximum absolute atomic E-state index is 14.3. The van der Waals surface area contributed by atoms with E-state index >= 15 is 0 Å². The Kier molecular flexibility index (Phi) is 5.33. The smallest absolute Gasteiger partial charge is 0.192 e. The van der Waals surface area contributed by atoms with Gasteiger partial charge in [0.15, 0.2) is 16.8 Å². The molecule has 0 aliphatic rings. The molecule has 158 valence electrons. The number of benzene rings is 3. The molecule has 5 aromatic rings. The molecule has 0 fully saturated rings. The van der Waals surface area contributed by atoms with Gasteiger partial charge < -0.3 is 9.55 Å². The normalized spacial score (nSPS) is 12.2. The minimum absolute atomic E-state index is 0.0332. The molecule has 0 amide bonds. The zero-order valence-corrected chi connectivity index (χ0v) is 18.0. The summed E-state index contributed by atoms with van der Waals surface area (Å²) in [5.74, 6) is 0.0140. The van der Waals surface area contributed by atoms with E-state index in [0.717, 1.165) is 16.5 Å². The second kappa shape index (κ2) is 8.43. The van der Waals surface area contributed by atoms with E-state index < -0.39 is 5.25 Å². The third-order valence-electron chi connectivity index (χ3n) is 5.37. The van der Waals surface area contributed by atoms with E-state index in [-0.39, 0.29) is 11.6 Å². The Bertz CT molecular complexity index is 1410. The predicted octanol–water partition coefficient (Wildman–Crippen LogP) is 5.82. The lowest BCUT2D eigenvalue weighted by Crippen LogP contribution is -2.11. The highest BCUT2D eigenvalue weighted by Gasteiger charge is 2.28. The molecule has 5 rings (SSSR count). The Labute approximate surface area is 188 Å². The van der Waals surface area contributed by atoms with Crippen LogP contribution in [0.1, 0.15) is 21.2 Å². The molecule has 7 heteroatoms. The lowest BCUT2D eigenvalue weighted by Gasteiger charge is -2.15. The van der Waals surface area contributed by atoms with Crippen LogP contribution >= 0.6 is 11.8 Å². The van der Waals surface area contributed by atoms with Crippen LogP contribution in [0, 0.1) is 5.82 Å². The van der Waals surface area contributed by atoms with E-state index in [0.29, 0.717) is 22.1 Å². The summed E-state index contributed by atoms with van der Waals surface area (Å²) in [6.07, 6.45) is 1.75. The number of nitrogens with zero attached hydrogens (tertiary/aromatic N) is 3. The number of aromatic amines is 1. The molecular weight excluding hydrogens is 423 g/mol. The molecule has 0 bridgehead atoms. The van der Waals surface area contributed by atoms with Crippen molar-refractivity contribution >= 4 is 28.4 Å². The summed E-state index contributed by atoms with van der Waals surface area (Å²) < 4.78 is 16.0. The van der Waals surface area contributed by atoms with E-state index in [1.165, 1.54) is 17.8 Å². The van der Waals surface area contributed by atoms with Crippen molar-refractivity contribution in [1.29, 1.82) is 0 Å². The minimum Gasteiger partial charge on any atom is -0.360 e. The van der Waals surface area contributed by atoms with E-state index in [4.69, 9.17) is 0 Å². The molecule has 0 saturated carbocycles. The van der Waals surface area contributed by atoms with Gasteiger partial charge >= 0.3 is 0 Å². The first-order valence-corrected chi connectivity index (χ1v) is 11.0. The predicted molar refractivity (Wildman–Crippen MR) is 124 cm³/mol. The van der Waals surface area contributed by atoms with Gasteiger partial charge in [0.05, 0.1) is 5.56 Å². The van der Waals surface area contributed by atoms with Crippen molar-refractivity contribution in [2.75, 3.05) is 0 Å². The van der Waals surface area contributed by atoms with Gasteiger partial charge in [-0.2, -0.15) is 0 Å². The molecule has 0 aliphatic carbocycles.